The van der Waals surface area contributed by atoms with Crippen LogP contribution in [-0.4, -0.2) is 60.9 Å². The van der Waals surface area contributed by atoms with E-state index in [-0.39, 0.29) is 26.9 Å². The minimum absolute atomic E-state index is 0.000844. The van der Waals surface area contributed by atoms with Crippen molar-refractivity contribution in [2.75, 3.05) is 43.5 Å². The van der Waals surface area contributed by atoms with Gasteiger partial charge in [-0.1, -0.05) is 11.6 Å². The standard InChI is InChI=1S/C26H28ClN3O7S2/c1-36-21-9-11-22(12-10-21)39(34,35)30(20-7-5-19(27)6-8-20)18-26(31)28-24-17-23(13-14-25(24)37-2)38(32,33)29-15-3-4-16-29/h5-14,17H,3-4,15-16,18H2,1-2H3,(H,28,31). The molecule has 1 fully saturated rings. The van der Waals surface area contributed by atoms with Crippen molar-refractivity contribution >= 4 is 48.9 Å². The first kappa shape index (κ1) is 28.7. The van der Waals surface area contributed by atoms with Crippen LogP contribution in [0, 0.1) is 0 Å². The maximum Gasteiger partial charge on any atom is 0.264 e. The predicted octanol–water partition coefficient (Wildman–Crippen LogP) is 3.98. The van der Waals surface area contributed by atoms with E-state index in [0.717, 1.165) is 17.1 Å². The lowest BCUT2D eigenvalue weighted by molar-refractivity contribution is -0.114. The van der Waals surface area contributed by atoms with Crippen LogP contribution < -0.4 is 19.1 Å². The first-order chi connectivity index (χ1) is 18.6. The Morgan fingerprint density at radius 2 is 1.51 bits per heavy atom. The van der Waals surface area contributed by atoms with Gasteiger partial charge < -0.3 is 14.8 Å². The summed E-state index contributed by atoms with van der Waals surface area (Å²) in [7, 11) is -5.11. The number of carbonyl (C=O) groups excluding carboxylic acids is 1. The van der Waals surface area contributed by atoms with Gasteiger partial charge in [0.15, 0.2) is 0 Å². The highest BCUT2D eigenvalue weighted by molar-refractivity contribution is 7.92. The fourth-order valence-corrected chi connectivity index (χ4v) is 7.23. The van der Waals surface area contributed by atoms with E-state index in [2.05, 4.69) is 5.32 Å². The van der Waals surface area contributed by atoms with Gasteiger partial charge in [0.2, 0.25) is 15.9 Å². The predicted molar refractivity (Wildman–Crippen MR) is 149 cm³/mol. The summed E-state index contributed by atoms with van der Waals surface area (Å²) in [4.78, 5) is 13.2. The van der Waals surface area contributed by atoms with Crippen molar-refractivity contribution < 1.29 is 31.1 Å². The number of carbonyl (C=O) groups is 1. The molecule has 0 spiro atoms. The van der Waals surface area contributed by atoms with Gasteiger partial charge in [-0.15, -0.1) is 0 Å². The molecule has 0 atom stereocenters. The number of ether oxygens (including phenoxy) is 2. The number of nitrogens with one attached hydrogen (secondary N) is 1. The average Bonchev–Trinajstić information content (AvgIpc) is 3.48. The van der Waals surface area contributed by atoms with Gasteiger partial charge in [-0.25, -0.2) is 16.8 Å². The molecule has 0 radical (unpaired) electrons. The molecule has 3 aromatic carbocycles. The number of benzene rings is 3. The van der Waals surface area contributed by atoms with Gasteiger partial charge in [0.1, 0.15) is 18.0 Å². The summed E-state index contributed by atoms with van der Waals surface area (Å²) in [6, 6.07) is 15.9. The van der Waals surface area contributed by atoms with Gasteiger partial charge in [0.25, 0.3) is 10.0 Å². The molecule has 0 unspecified atom stereocenters. The molecule has 0 aromatic heterocycles. The number of sulfonamides is 2. The molecular formula is C26H28ClN3O7S2. The lowest BCUT2D eigenvalue weighted by atomic mass is 10.3. The topological polar surface area (TPSA) is 122 Å². The van der Waals surface area contributed by atoms with Gasteiger partial charge >= 0.3 is 0 Å². The largest absolute Gasteiger partial charge is 0.497 e. The third kappa shape index (κ3) is 6.30. The number of nitrogens with zero attached hydrogens (tertiary/aromatic N) is 2. The molecule has 1 aliphatic rings. The normalized spacial score (nSPS) is 14.1. The first-order valence-corrected chi connectivity index (χ1v) is 15.2. The molecule has 1 heterocycles. The van der Waals surface area contributed by atoms with Crippen LogP contribution in [-0.2, 0) is 24.8 Å². The lowest BCUT2D eigenvalue weighted by Gasteiger charge is -2.24. The molecule has 4 rings (SSSR count). The summed E-state index contributed by atoms with van der Waals surface area (Å²) < 4.78 is 66.1. The van der Waals surface area contributed by atoms with Gasteiger partial charge in [0, 0.05) is 18.1 Å². The molecular weight excluding hydrogens is 566 g/mol. The number of rotatable bonds is 10. The van der Waals surface area contributed by atoms with E-state index in [1.807, 2.05) is 0 Å². The Bertz CT molecular complexity index is 1540. The van der Waals surface area contributed by atoms with Crippen LogP contribution in [0.25, 0.3) is 0 Å². The molecule has 39 heavy (non-hydrogen) atoms. The summed E-state index contributed by atoms with van der Waals surface area (Å²) in [6.45, 7) is 0.243. The van der Waals surface area contributed by atoms with Crippen LogP contribution in [0.1, 0.15) is 12.8 Å². The van der Waals surface area contributed by atoms with Crippen LogP contribution in [0.3, 0.4) is 0 Å². The number of methoxy groups -OCH3 is 2. The summed E-state index contributed by atoms with van der Waals surface area (Å²) in [5.41, 5.74) is 0.309. The second-order valence-corrected chi connectivity index (χ2v) is 12.9. The Balaban J connectivity index is 1.65. The van der Waals surface area contributed by atoms with E-state index < -0.39 is 32.5 Å². The summed E-state index contributed by atoms with van der Waals surface area (Å²) in [5, 5.41) is 3.01. The van der Waals surface area contributed by atoms with Crippen LogP contribution >= 0.6 is 11.6 Å². The van der Waals surface area contributed by atoms with E-state index in [0.29, 0.717) is 23.9 Å². The van der Waals surface area contributed by atoms with E-state index in [4.69, 9.17) is 21.1 Å². The lowest BCUT2D eigenvalue weighted by Crippen LogP contribution is -2.38. The molecule has 1 N–H and O–H groups in total. The number of hydrogen-bond donors (Lipinski definition) is 1. The molecule has 0 aliphatic carbocycles. The Morgan fingerprint density at radius 1 is 0.897 bits per heavy atom. The summed E-state index contributed by atoms with van der Waals surface area (Å²) >= 11 is 6.00. The van der Waals surface area contributed by atoms with Crippen molar-refractivity contribution in [1.82, 2.24) is 4.31 Å². The Kier molecular flexibility index (Phi) is 8.70. The van der Waals surface area contributed by atoms with E-state index in [9.17, 15) is 21.6 Å². The second-order valence-electron chi connectivity index (χ2n) is 8.69. The van der Waals surface area contributed by atoms with Gasteiger partial charge in [0.05, 0.1) is 35.4 Å². The highest BCUT2D eigenvalue weighted by atomic mass is 35.5. The monoisotopic (exact) mass is 593 g/mol. The second kappa shape index (κ2) is 11.8. The van der Waals surface area contributed by atoms with E-state index in [1.165, 1.54) is 85.3 Å². The molecule has 13 heteroatoms. The highest BCUT2D eigenvalue weighted by Gasteiger charge is 2.30. The number of halogens is 1. The highest BCUT2D eigenvalue weighted by Crippen LogP contribution is 2.31. The molecule has 1 saturated heterocycles. The molecule has 208 valence electrons. The Labute approximate surface area is 233 Å². The number of anilines is 2. The molecule has 1 aliphatic heterocycles. The zero-order chi connectivity index (χ0) is 28.2. The van der Waals surface area contributed by atoms with Crippen molar-refractivity contribution in [1.29, 1.82) is 0 Å². The maximum atomic E-state index is 13.6. The van der Waals surface area contributed by atoms with Gasteiger partial charge in [-0.05, 0) is 79.6 Å². The van der Waals surface area contributed by atoms with Crippen LogP contribution in [0.5, 0.6) is 11.5 Å². The Hall–Kier alpha value is -3.32. The van der Waals surface area contributed by atoms with Crippen molar-refractivity contribution in [2.45, 2.75) is 22.6 Å². The fourth-order valence-electron chi connectivity index (χ4n) is 4.14. The molecule has 1 amide bonds. The third-order valence-corrected chi connectivity index (χ3v) is 10.1. The minimum Gasteiger partial charge on any atom is -0.497 e. The van der Waals surface area contributed by atoms with Crippen molar-refractivity contribution in [3.05, 3.63) is 71.8 Å². The van der Waals surface area contributed by atoms with Crippen molar-refractivity contribution in [3.63, 3.8) is 0 Å². The average molecular weight is 594 g/mol. The number of amides is 1. The van der Waals surface area contributed by atoms with Crippen molar-refractivity contribution in [3.8, 4) is 11.5 Å². The van der Waals surface area contributed by atoms with Crippen LogP contribution in [0.15, 0.2) is 76.5 Å². The summed E-state index contributed by atoms with van der Waals surface area (Å²) in [5.74, 6) is -0.0172. The smallest absolute Gasteiger partial charge is 0.264 e. The molecule has 10 nitrogen and oxygen atoms in total. The molecule has 0 saturated carbocycles. The SMILES string of the molecule is COc1ccc(S(=O)(=O)N(CC(=O)Nc2cc(S(=O)(=O)N3CCCC3)ccc2OC)c2ccc(Cl)cc2)cc1. The zero-order valence-corrected chi connectivity index (χ0v) is 23.7. The van der Waals surface area contributed by atoms with Gasteiger partial charge in [-0.2, -0.15) is 4.31 Å². The maximum absolute atomic E-state index is 13.6. The Morgan fingerprint density at radius 3 is 2.10 bits per heavy atom. The van der Waals surface area contributed by atoms with E-state index >= 15 is 0 Å². The third-order valence-electron chi connectivity index (χ3n) is 6.20. The van der Waals surface area contributed by atoms with Crippen LogP contribution in [0.4, 0.5) is 11.4 Å². The van der Waals surface area contributed by atoms with Gasteiger partial charge in [-0.3, -0.25) is 9.10 Å². The molecule has 0 bridgehead atoms. The van der Waals surface area contributed by atoms with Crippen molar-refractivity contribution in [2.24, 2.45) is 0 Å². The zero-order valence-electron chi connectivity index (χ0n) is 21.3. The van der Waals surface area contributed by atoms with Crippen LogP contribution in [0.2, 0.25) is 5.02 Å². The molecule has 3 aromatic rings. The minimum atomic E-state index is -4.20. The quantitative estimate of drug-likeness (QED) is 0.377. The fraction of sp³-hybridized carbons (Fsp3) is 0.269. The summed E-state index contributed by atoms with van der Waals surface area (Å²) in [6.07, 6.45) is 1.56. The number of hydrogen-bond acceptors (Lipinski definition) is 7. The van der Waals surface area contributed by atoms with E-state index in [1.54, 1.807) is 0 Å². The first-order valence-electron chi connectivity index (χ1n) is 12.0.